The fourth-order valence-electron chi connectivity index (χ4n) is 3.27. The van der Waals surface area contributed by atoms with Crippen LogP contribution in [0.1, 0.15) is 18.9 Å². The minimum absolute atomic E-state index is 0.125. The third kappa shape index (κ3) is 6.93. The predicted octanol–water partition coefficient (Wildman–Crippen LogP) is 1.27. The highest BCUT2D eigenvalue weighted by molar-refractivity contribution is 5.94. The number of benzene rings is 1. The maximum Gasteiger partial charge on any atom is 0.334 e. The van der Waals surface area contributed by atoms with Gasteiger partial charge in [0.2, 0.25) is 5.95 Å². The van der Waals surface area contributed by atoms with E-state index in [4.69, 9.17) is 25.5 Å². The van der Waals surface area contributed by atoms with E-state index < -0.39 is 17.8 Å². The van der Waals surface area contributed by atoms with Gasteiger partial charge in [-0.15, -0.1) is 0 Å². The first kappa shape index (κ1) is 25.0. The van der Waals surface area contributed by atoms with Crippen LogP contribution >= 0.6 is 0 Å². The maximum absolute atomic E-state index is 15.0. The van der Waals surface area contributed by atoms with Crippen LogP contribution in [0.3, 0.4) is 0 Å². The quantitative estimate of drug-likeness (QED) is 0.293. The Morgan fingerprint density at radius 3 is 2.47 bits per heavy atom. The molecule has 1 aromatic heterocycles. The molecule has 0 bridgehead atoms. The number of hydroxylamine groups is 2. The molecule has 1 aliphatic rings. The SMILES string of the molecule is CCOC(=O)CON1CCN(c2ncc(-c3cccc(COC(=O)CC(=N)N)c3F)cn2)CC1. The Bertz CT molecular complexity index is 1010. The Kier molecular flexibility index (Phi) is 8.82. The lowest BCUT2D eigenvalue weighted by molar-refractivity contribution is -0.186. The number of hydrogen-bond acceptors (Lipinski definition) is 10. The number of carbonyl (C=O) groups excluding carboxylic acids is 2. The summed E-state index contributed by atoms with van der Waals surface area (Å²) >= 11 is 0. The molecular formula is C22H27FN6O5. The van der Waals surface area contributed by atoms with E-state index in [1.165, 1.54) is 18.5 Å². The van der Waals surface area contributed by atoms with Crippen LogP contribution in [0, 0.1) is 11.2 Å². The number of hydrogen-bond donors (Lipinski definition) is 2. The number of halogens is 1. The second kappa shape index (κ2) is 12.0. The van der Waals surface area contributed by atoms with E-state index in [0.29, 0.717) is 44.3 Å². The Morgan fingerprint density at radius 1 is 1.12 bits per heavy atom. The van der Waals surface area contributed by atoms with Crippen molar-refractivity contribution < 1.29 is 28.3 Å². The molecule has 2 aromatic rings. The second-order valence-corrected chi connectivity index (χ2v) is 7.41. The molecule has 34 heavy (non-hydrogen) atoms. The highest BCUT2D eigenvalue weighted by Gasteiger charge is 2.21. The molecule has 0 unspecified atom stereocenters. The summed E-state index contributed by atoms with van der Waals surface area (Å²) in [6.45, 7) is 3.96. The molecule has 2 heterocycles. The van der Waals surface area contributed by atoms with Gasteiger partial charge in [-0.3, -0.25) is 15.0 Å². The number of rotatable bonds is 10. The Balaban J connectivity index is 1.57. The Morgan fingerprint density at radius 2 is 1.82 bits per heavy atom. The van der Waals surface area contributed by atoms with Crippen molar-refractivity contribution in [3.8, 4) is 11.1 Å². The molecular weight excluding hydrogens is 447 g/mol. The van der Waals surface area contributed by atoms with Crippen LogP contribution in [0.15, 0.2) is 30.6 Å². The van der Waals surface area contributed by atoms with Gasteiger partial charge in [-0.05, 0) is 6.92 Å². The molecule has 0 saturated carbocycles. The van der Waals surface area contributed by atoms with Crippen LogP contribution < -0.4 is 10.6 Å². The van der Waals surface area contributed by atoms with Crippen LogP contribution in [0.2, 0.25) is 0 Å². The van der Waals surface area contributed by atoms with Crippen LogP contribution in [-0.2, 0) is 30.5 Å². The number of aromatic nitrogens is 2. The van der Waals surface area contributed by atoms with Crippen molar-refractivity contribution in [2.75, 3.05) is 44.3 Å². The van der Waals surface area contributed by atoms with Crippen LogP contribution in [0.4, 0.5) is 10.3 Å². The van der Waals surface area contributed by atoms with E-state index in [0.717, 1.165) is 0 Å². The van der Waals surface area contributed by atoms with E-state index in [9.17, 15) is 14.0 Å². The Labute approximate surface area is 196 Å². The lowest BCUT2D eigenvalue weighted by Gasteiger charge is -2.33. The van der Waals surface area contributed by atoms with Gasteiger partial charge in [-0.25, -0.2) is 19.2 Å². The molecule has 0 amide bonds. The molecule has 0 spiro atoms. The van der Waals surface area contributed by atoms with Crippen molar-refractivity contribution >= 4 is 23.7 Å². The van der Waals surface area contributed by atoms with Crippen LogP contribution in [0.5, 0.6) is 0 Å². The van der Waals surface area contributed by atoms with Crippen LogP contribution in [-0.4, -0.2) is 72.2 Å². The zero-order valence-electron chi connectivity index (χ0n) is 18.8. The lowest BCUT2D eigenvalue weighted by Crippen LogP contribution is -2.47. The average molecular weight is 474 g/mol. The molecule has 0 atom stereocenters. The average Bonchev–Trinajstić information content (AvgIpc) is 2.82. The number of nitrogens with one attached hydrogen (secondary N) is 1. The molecule has 1 saturated heterocycles. The fourth-order valence-corrected chi connectivity index (χ4v) is 3.27. The molecule has 12 heteroatoms. The van der Waals surface area contributed by atoms with Gasteiger partial charge in [0, 0.05) is 55.3 Å². The summed E-state index contributed by atoms with van der Waals surface area (Å²) in [5, 5.41) is 8.81. The van der Waals surface area contributed by atoms with Gasteiger partial charge in [0.15, 0.2) is 6.61 Å². The lowest BCUT2D eigenvalue weighted by atomic mass is 10.1. The first-order chi connectivity index (χ1) is 16.4. The first-order valence-corrected chi connectivity index (χ1v) is 10.7. The number of esters is 2. The van der Waals surface area contributed by atoms with Crippen molar-refractivity contribution in [1.82, 2.24) is 15.0 Å². The molecule has 3 N–H and O–H groups in total. The van der Waals surface area contributed by atoms with E-state index in [-0.39, 0.29) is 36.6 Å². The number of nitrogens with zero attached hydrogens (tertiary/aromatic N) is 4. The van der Waals surface area contributed by atoms with Gasteiger partial charge in [-0.1, -0.05) is 18.2 Å². The van der Waals surface area contributed by atoms with Crippen LogP contribution in [0.25, 0.3) is 11.1 Å². The van der Waals surface area contributed by atoms with E-state index in [1.807, 2.05) is 4.90 Å². The largest absolute Gasteiger partial charge is 0.464 e. The molecule has 11 nitrogen and oxygen atoms in total. The monoisotopic (exact) mass is 474 g/mol. The summed E-state index contributed by atoms with van der Waals surface area (Å²) in [5.41, 5.74) is 6.12. The number of carbonyl (C=O) groups is 2. The predicted molar refractivity (Wildman–Crippen MR) is 120 cm³/mol. The normalized spacial score (nSPS) is 14.0. The standard InChI is InChI=1S/C22H27FN6O5/c1-2-32-20(31)14-34-29-8-6-28(7-9-29)22-26-11-16(12-27-22)17-5-3-4-15(21(17)23)13-33-19(30)10-18(24)25/h3-5,11-12H,2,6-10,13-14H2,1H3,(H3,24,25). The smallest absolute Gasteiger partial charge is 0.334 e. The zero-order valence-corrected chi connectivity index (χ0v) is 18.8. The summed E-state index contributed by atoms with van der Waals surface area (Å²) in [7, 11) is 0. The molecule has 1 aliphatic heterocycles. The highest BCUT2D eigenvalue weighted by atomic mass is 19.1. The van der Waals surface area contributed by atoms with E-state index in [2.05, 4.69) is 9.97 Å². The minimum atomic E-state index is -0.698. The number of piperazine rings is 1. The van der Waals surface area contributed by atoms with Crippen molar-refractivity contribution in [3.05, 3.63) is 42.0 Å². The number of anilines is 1. The topological polar surface area (TPSA) is 144 Å². The maximum atomic E-state index is 15.0. The summed E-state index contributed by atoms with van der Waals surface area (Å²) in [4.78, 5) is 39.1. The first-order valence-electron chi connectivity index (χ1n) is 10.7. The highest BCUT2D eigenvalue weighted by Crippen LogP contribution is 2.25. The molecule has 3 rings (SSSR count). The second-order valence-electron chi connectivity index (χ2n) is 7.41. The minimum Gasteiger partial charge on any atom is -0.464 e. The summed E-state index contributed by atoms with van der Waals surface area (Å²) < 4.78 is 24.8. The van der Waals surface area contributed by atoms with Gasteiger partial charge in [0.1, 0.15) is 24.7 Å². The number of nitrogens with two attached hydrogens (primary N) is 1. The van der Waals surface area contributed by atoms with Gasteiger partial charge in [-0.2, -0.15) is 5.06 Å². The van der Waals surface area contributed by atoms with E-state index in [1.54, 1.807) is 24.1 Å². The molecule has 1 fully saturated rings. The summed E-state index contributed by atoms with van der Waals surface area (Å²) in [5.74, 6) is -1.46. The molecule has 1 aromatic carbocycles. The van der Waals surface area contributed by atoms with Gasteiger partial charge >= 0.3 is 11.9 Å². The molecule has 0 radical (unpaired) electrons. The molecule has 0 aliphatic carbocycles. The van der Waals surface area contributed by atoms with Gasteiger partial charge < -0.3 is 20.1 Å². The van der Waals surface area contributed by atoms with Gasteiger partial charge in [0.25, 0.3) is 0 Å². The van der Waals surface area contributed by atoms with E-state index >= 15 is 0 Å². The van der Waals surface area contributed by atoms with Crippen molar-refractivity contribution in [1.29, 1.82) is 5.41 Å². The number of ether oxygens (including phenoxy) is 2. The van der Waals surface area contributed by atoms with Crippen molar-refractivity contribution in [2.45, 2.75) is 20.0 Å². The van der Waals surface area contributed by atoms with Crippen molar-refractivity contribution in [2.24, 2.45) is 5.73 Å². The third-order valence-electron chi connectivity index (χ3n) is 4.94. The molecule has 182 valence electrons. The van der Waals surface area contributed by atoms with Crippen molar-refractivity contribution in [3.63, 3.8) is 0 Å². The fraction of sp³-hybridized carbons (Fsp3) is 0.409. The number of amidine groups is 1. The summed E-state index contributed by atoms with van der Waals surface area (Å²) in [6, 6.07) is 4.75. The Hall–Kier alpha value is -3.64. The van der Waals surface area contributed by atoms with Gasteiger partial charge in [0.05, 0.1) is 6.61 Å². The summed E-state index contributed by atoms with van der Waals surface area (Å²) in [6.07, 6.45) is 2.73. The third-order valence-corrected chi connectivity index (χ3v) is 4.94. The zero-order chi connectivity index (χ0) is 24.5.